The van der Waals surface area contributed by atoms with Crippen molar-refractivity contribution in [1.82, 2.24) is 5.32 Å². The van der Waals surface area contributed by atoms with E-state index in [1.807, 2.05) is 12.1 Å². The highest BCUT2D eigenvalue weighted by molar-refractivity contribution is 6.35. The molecule has 0 radical (unpaired) electrons. The van der Waals surface area contributed by atoms with Crippen molar-refractivity contribution < 1.29 is 9.52 Å². The van der Waals surface area contributed by atoms with Gasteiger partial charge in [-0.05, 0) is 43.3 Å². The number of aliphatic hydroxyl groups is 1. The van der Waals surface area contributed by atoms with E-state index < -0.39 is 0 Å². The minimum Gasteiger partial charge on any atom is -0.460 e. The van der Waals surface area contributed by atoms with Gasteiger partial charge in [-0.25, -0.2) is 0 Å². The van der Waals surface area contributed by atoms with Gasteiger partial charge in [-0.1, -0.05) is 23.2 Å². The van der Waals surface area contributed by atoms with Gasteiger partial charge < -0.3 is 14.8 Å². The van der Waals surface area contributed by atoms with Gasteiger partial charge in [0.2, 0.25) is 0 Å². The van der Waals surface area contributed by atoms with E-state index in [1.54, 1.807) is 18.2 Å². The summed E-state index contributed by atoms with van der Waals surface area (Å²) in [6.07, 6.45) is 0.730. The molecule has 5 heteroatoms. The Bertz CT molecular complexity index is 540. The SMILES string of the molecule is OCCCNCc1ccc(-c2cc(Cl)ccc2Cl)o1. The molecular formula is C14H15Cl2NO2. The van der Waals surface area contributed by atoms with E-state index in [1.165, 1.54) is 0 Å². The number of hydrogen-bond acceptors (Lipinski definition) is 3. The molecule has 0 aliphatic carbocycles. The summed E-state index contributed by atoms with van der Waals surface area (Å²) < 4.78 is 5.72. The van der Waals surface area contributed by atoms with Crippen molar-refractivity contribution in [3.63, 3.8) is 0 Å². The Hall–Kier alpha value is -1.00. The molecule has 2 N–H and O–H groups in total. The average Bonchev–Trinajstić information content (AvgIpc) is 2.86. The normalized spacial score (nSPS) is 10.9. The number of halogens is 2. The molecule has 1 heterocycles. The lowest BCUT2D eigenvalue weighted by Crippen LogP contribution is -2.15. The van der Waals surface area contributed by atoms with E-state index in [-0.39, 0.29) is 6.61 Å². The Morgan fingerprint density at radius 3 is 2.79 bits per heavy atom. The fraction of sp³-hybridized carbons (Fsp3) is 0.286. The summed E-state index contributed by atoms with van der Waals surface area (Å²) in [4.78, 5) is 0. The molecule has 0 aliphatic rings. The summed E-state index contributed by atoms with van der Waals surface area (Å²) >= 11 is 12.1. The zero-order chi connectivity index (χ0) is 13.7. The van der Waals surface area contributed by atoms with E-state index in [0.29, 0.717) is 22.4 Å². The highest BCUT2D eigenvalue weighted by Gasteiger charge is 2.09. The van der Waals surface area contributed by atoms with Crippen LogP contribution >= 0.6 is 23.2 Å². The second-order valence-corrected chi connectivity index (χ2v) is 4.99. The number of hydrogen-bond donors (Lipinski definition) is 2. The van der Waals surface area contributed by atoms with Gasteiger partial charge in [0.25, 0.3) is 0 Å². The van der Waals surface area contributed by atoms with Crippen LogP contribution in [0.25, 0.3) is 11.3 Å². The lowest BCUT2D eigenvalue weighted by Gasteiger charge is -2.02. The Morgan fingerprint density at radius 2 is 2.00 bits per heavy atom. The van der Waals surface area contributed by atoms with Crippen LogP contribution in [0.2, 0.25) is 10.0 Å². The van der Waals surface area contributed by atoms with Crippen LogP contribution in [0.3, 0.4) is 0 Å². The lowest BCUT2D eigenvalue weighted by atomic mass is 10.2. The molecular weight excluding hydrogens is 285 g/mol. The van der Waals surface area contributed by atoms with E-state index in [4.69, 9.17) is 32.7 Å². The second-order valence-electron chi connectivity index (χ2n) is 4.14. The van der Waals surface area contributed by atoms with E-state index >= 15 is 0 Å². The molecule has 0 aliphatic heterocycles. The predicted octanol–water partition coefficient (Wildman–Crippen LogP) is 3.73. The molecule has 3 nitrogen and oxygen atoms in total. The zero-order valence-corrected chi connectivity index (χ0v) is 11.8. The largest absolute Gasteiger partial charge is 0.460 e. The van der Waals surface area contributed by atoms with Crippen molar-refractivity contribution in [2.75, 3.05) is 13.2 Å². The smallest absolute Gasteiger partial charge is 0.135 e. The number of furan rings is 1. The monoisotopic (exact) mass is 299 g/mol. The summed E-state index contributed by atoms with van der Waals surface area (Å²) in [5, 5.41) is 13.1. The maximum Gasteiger partial charge on any atom is 0.135 e. The molecule has 1 aromatic carbocycles. The topological polar surface area (TPSA) is 45.4 Å². The van der Waals surface area contributed by atoms with Gasteiger partial charge in [0, 0.05) is 17.2 Å². The summed E-state index contributed by atoms with van der Waals surface area (Å²) in [5.74, 6) is 1.52. The first-order chi connectivity index (χ1) is 9.20. The molecule has 102 valence electrons. The van der Waals surface area contributed by atoms with Gasteiger partial charge in [0.15, 0.2) is 0 Å². The third-order valence-corrected chi connectivity index (χ3v) is 3.23. The van der Waals surface area contributed by atoms with Gasteiger partial charge in [0.1, 0.15) is 11.5 Å². The first-order valence-corrected chi connectivity index (χ1v) is 6.82. The molecule has 0 bridgehead atoms. The lowest BCUT2D eigenvalue weighted by molar-refractivity contribution is 0.285. The Morgan fingerprint density at radius 1 is 1.16 bits per heavy atom. The minimum atomic E-state index is 0.189. The summed E-state index contributed by atoms with van der Waals surface area (Å²) in [6, 6.07) is 9.05. The predicted molar refractivity (Wildman–Crippen MR) is 77.6 cm³/mol. The molecule has 0 saturated carbocycles. The highest BCUT2D eigenvalue weighted by Crippen LogP contribution is 2.31. The first-order valence-electron chi connectivity index (χ1n) is 6.06. The fourth-order valence-electron chi connectivity index (χ4n) is 1.72. The average molecular weight is 300 g/mol. The van der Waals surface area contributed by atoms with Crippen LogP contribution in [-0.4, -0.2) is 18.3 Å². The Balaban J connectivity index is 2.06. The number of nitrogens with one attached hydrogen (secondary N) is 1. The Kier molecular flexibility index (Phi) is 5.28. The first kappa shape index (κ1) is 14.4. The zero-order valence-electron chi connectivity index (χ0n) is 10.3. The van der Waals surface area contributed by atoms with Crippen LogP contribution in [0, 0.1) is 0 Å². The molecule has 0 saturated heterocycles. The van der Waals surface area contributed by atoms with Crippen LogP contribution < -0.4 is 5.32 Å². The van der Waals surface area contributed by atoms with E-state index in [9.17, 15) is 0 Å². The van der Waals surface area contributed by atoms with Crippen molar-refractivity contribution >= 4 is 23.2 Å². The molecule has 0 unspecified atom stereocenters. The fourth-order valence-corrected chi connectivity index (χ4v) is 2.10. The van der Waals surface area contributed by atoms with E-state index in [0.717, 1.165) is 24.3 Å². The Labute approximate surface area is 122 Å². The number of benzene rings is 1. The maximum absolute atomic E-state index is 8.68. The van der Waals surface area contributed by atoms with Crippen LogP contribution in [0.4, 0.5) is 0 Å². The minimum absolute atomic E-state index is 0.189. The highest BCUT2D eigenvalue weighted by atomic mass is 35.5. The second kappa shape index (κ2) is 6.96. The van der Waals surface area contributed by atoms with Crippen molar-refractivity contribution in [1.29, 1.82) is 0 Å². The van der Waals surface area contributed by atoms with Gasteiger partial charge >= 0.3 is 0 Å². The molecule has 1 aromatic heterocycles. The van der Waals surface area contributed by atoms with Crippen molar-refractivity contribution in [3.05, 3.63) is 46.1 Å². The third-order valence-electron chi connectivity index (χ3n) is 2.67. The van der Waals surface area contributed by atoms with Gasteiger partial charge in [0.05, 0.1) is 11.6 Å². The molecule has 0 amide bonds. The summed E-state index contributed by atoms with van der Waals surface area (Å²) in [5.41, 5.74) is 0.788. The maximum atomic E-state index is 8.68. The van der Waals surface area contributed by atoms with Gasteiger partial charge in [-0.15, -0.1) is 0 Å². The van der Waals surface area contributed by atoms with Crippen molar-refractivity contribution in [3.8, 4) is 11.3 Å². The van der Waals surface area contributed by atoms with Crippen molar-refractivity contribution in [2.24, 2.45) is 0 Å². The van der Waals surface area contributed by atoms with Crippen molar-refractivity contribution in [2.45, 2.75) is 13.0 Å². The summed E-state index contributed by atoms with van der Waals surface area (Å²) in [6.45, 7) is 1.57. The van der Waals surface area contributed by atoms with Crippen LogP contribution in [0.15, 0.2) is 34.7 Å². The molecule has 19 heavy (non-hydrogen) atoms. The number of rotatable bonds is 6. The standard InChI is InChI=1S/C14H15Cl2NO2/c15-10-2-4-13(16)12(8-10)14-5-3-11(19-14)9-17-6-1-7-18/h2-5,8,17-18H,1,6-7,9H2. The molecule has 0 spiro atoms. The third kappa shape index (κ3) is 3.98. The summed E-state index contributed by atoms with van der Waals surface area (Å²) in [7, 11) is 0. The van der Waals surface area contributed by atoms with Crippen LogP contribution in [0.1, 0.15) is 12.2 Å². The van der Waals surface area contributed by atoms with Crippen LogP contribution in [0.5, 0.6) is 0 Å². The molecule has 2 rings (SSSR count). The van der Waals surface area contributed by atoms with Gasteiger partial charge in [-0.3, -0.25) is 0 Å². The van der Waals surface area contributed by atoms with Crippen LogP contribution in [-0.2, 0) is 6.54 Å². The van der Waals surface area contributed by atoms with Gasteiger partial charge in [-0.2, -0.15) is 0 Å². The molecule has 0 fully saturated rings. The number of aliphatic hydroxyl groups excluding tert-OH is 1. The quantitative estimate of drug-likeness (QED) is 0.799. The molecule has 2 aromatic rings. The molecule has 0 atom stereocenters. The van der Waals surface area contributed by atoms with E-state index in [2.05, 4.69) is 5.32 Å².